The summed E-state index contributed by atoms with van der Waals surface area (Å²) in [6.45, 7) is 0.479. The Balaban J connectivity index is 1.66. The van der Waals surface area contributed by atoms with Crippen LogP contribution in [-0.2, 0) is 6.54 Å². The summed E-state index contributed by atoms with van der Waals surface area (Å²) in [4.78, 5) is 27.1. The van der Waals surface area contributed by atoms with Crippen molar-refractivity contribution < 1.29 is 4.79 Å². The molecular formula is C16H18N6O. The van der Waals surface area contributed by atoms with E-state index in [-0.39, 0.29) is 12.1 Å². The molecule has 2 aromatic heterocycles. The Morgan fingerprint density at radius 2 is 2.00 bits per heavy atom. The fourth-order valence-electron chi connectivity index (χ4n) is 3.21. The minimum Gasteiger partial charge on any atom is -0.333 e. The fourth-order valence-corrected chi connectivity index (χ4v) is 3.21. The summed E-state index contributed by atoms with van der Waals surface area (Å²) >= 11 is 0. The lowest BCUT2D eigenvalue weighted by molar-refractivity contribution is 0.241. The van der Waals surface area contributed by atoms with Crippen molar-refractivity contribution in [3.63, 3.8) is 0 Å². The molecular weight excluding hydrogens is 292 g/mol. The summed E-state index contributed by atoms with van der Waals surface area (Å²) in [5, 5.41) is 6.07. The van der Waals surface area contributed by atoms with Gasteiger partial charge in [-0.3, -0.25) is 9.88 Å². The summed E-state index contributed by atoms with van der Waals surface area (Å²) in [5.74, 6) is 1.22. The second-order valence-electron chi connectivity index (χ2n) is 5.87. The first-order valence-corrected chi connectivity index (χ1v) is 7.91. The summed E-state index contributed by atoms with van der Waals surface area (Å²) in [5.41, 5.74) is 1.82. The van der Waals surface area contributed by atoms with Crippen LogP contribution in [0.4, 0.5) is 22.2 Å². The third-order valence-electron chi connectivity index (χ3n) is 4.35. The van der Waals surface area contributed by atoms with Crippen LogP contribution in [0.15, 0.2) is 30.7 Å². The number of aromatic nitrogens is 3. The first-order valence-electron chi connectivity index (χ1n) is 7.91. The Labute approximate surface area is 134 Å². The van der Waals surface area contributed by atoms with Crippen LogP contribution in [0.25, 0.3) is 0 Å². The summed E-state index contributed by atoms with van der Waals surface area (Å²) in [7, 11) is 0. The molecule has 2 aromatic rings. The van der Waals surface area contributed by atoms with Crippen molar-refractivity contribution in [1.29, 1.82) is 0 Å². The molecule has 4 rings (SSSR count). The van der Waals surface area contributed by atoms with Crippen molar-refractivity contribution in [2.75, 3.05) is 10.2 Å². The van der Waals surface area contributed by atoms with Gasteiger partial charge in [0.25, 0.3) is 0 Å². The van der Waals surface area contributed by atoms with Gasteiger partial charge in [-0.15, -0.1) is 0 Å². The number of rotatable bonds is 3. The van der Waals surface area contributed by atoms with Gasteiger partial charge in [-0.05, 0) is 25.0 Å². The zero-order chi connectivity index (χ0) is 15.6. The van der Waals surface area contributed by atoms with Crippen LogP contribution in [-0.4, -0.2) is 27.0 Å². The van der Waals surface area contributed by atoms with Gasteiger partial charge >= 0.3 is 6.03 Å². The molecule has 3 heterocycles. The van der Waals surface area contributed by atoms with E-state index in [9.17, 15) is 4.79 Å². The lowest BCUT2D eigenvalue weighted by Crippen LogP contribution is -2.49. The Bertz CT molecular complexity index is 714. The topological polar surface area (TPSA) is 83.0 Å². The maximum atomic E-state index is 12.3. The predicted molar refractivity (Wildman–Crippen MR) is 86.5 cm³/mol. The van der Waals surface area contributed by atoms with Gasteiger partial charge in [-0.25, -0.2) is 9.78 Å². The molecule has 2 aliphatic rings. The monoisotopic (exact) mass is 310 g/mol. The van der Waals surface area contributed by atoms with Gasteiger partial charge in [-0.1, -0.05) is 12.8 Å². The first kappa shape index (κ1) is 13.9. The van der Waals surface area contributed by atoms with Crippen molar-refractivity contribution in [2.45, 2.75) is 38.3 Å². The average molecular weight is 310 g/mol. The maximum absolute atomic E-state index is 12.3. The molecule has 0 bridgehead atoms. The van der Waals surface area contributed by atoms with Crippen LogP contribution in [0.2, 0.25) is 0 Å². The normalized spacial score (nSPS) is 17.7. The number of hydrogen-bond acceptors (Lipinski definition) is 5. The fraction of sp³-hybridized carbons (Fsp3) is 0.375. The smallest absolute Gasteiger partial charge is 0.323 e. The number of nitrogens with zero attached hydrogens (tertiary/aromatic N) is 4. The second-order valence-corrected chi connectivity index (χ2v) is 5.87. The second kappa shape index (κ2) is 5.83. The molecule has 0 aromatic carbocycles. The first-order chi connectivity index (χ1) is 11.3. The molecule has 2 amide bonds. The maximum Gasteiger partial charge on any atom is 0.323 e. The third kappa shape index (κ3) is 2.69. The van der Waals surface area contributed by atoms with Crippen LogP contribution in [0, 0.1) is 0 Å². The standard InChI is InChI=1S/C16H18N6O/c23-16-19-10-11-9-18-15(20-12-5-7-17-8-6-12)21-14(11)22(16)13-3-1-2-4-13/h5-9,13H,1-4,10H2,(H,19,23)(H,17,18,20,21). The minimum absolute atomic E-state index is 0.0574. The Hall–Kier alpha value is -2.70. The van der Waals surface area contributed by atoms with E-state index in [0.29, 0.717) is 12.5 Å². The van der Waals surface area contributed by atoms with Crippen molar-refractivity contribution >= 4 is 23.5 Å². The summed E-state index contributed by atoms with van der Waals surface area (Å²) in [6, 6.07) is 3.88. The SMILES string of the molecule is O=C1NCc2cnc(Nc3ccncc3)nc2N1C1CCCC1. The highest BCUT2D eigenvalue weighted by Crippen LogP contribution is 2.32. The molecule has 1 fully saturated rings. The van der Waals surface area contributed by atoms with E-state index in [2.05, 4.69) is 25.6 Å². The average Bonchev–Trinajstić information content (AvgIpc) is 3.09. The highest BCUT2D eigenvalue weighted by molar-refractivity contribution is 5.94. The Kier molecular flexibility index (Phi) is 3.53. The summed E-state index contributed by atoms with van der Waals surface area (Å²) < 4.78 is 0. The molecule has 2 N–H and O–H groups in total. The number of hydrogen-bond donors (Lipinski definition) is 2. The highest BCUT2D eigenvalue weighted by atomic mass is 16.2. The van der Waals surface area contributed by atoms with E-state index in [1.807, 2.05) is 17.0 Å². The van der Waals surface area contributed by atoms with Gasteiger partial charge in [0.2, 0.25) is 5.95 Å². The molecule has 0 unspecified atom stereocenters. The van der Waals surface area contributed by atoms with Crippen molar-refractivity contribution in [2.24, 2.45) is 0 Å². The number of fused-ring (bicyclic) bond motifs is 1. The molecule has 0 spiro atoms. The molecule has 23 heavy (non-hydrogen) atoms. The number of carbonyl (C=O) groups excluding carboxylic acids is 1. The van der Waals surface area contributed by atoms with E-state index in [0.717, 1.165) is 42.8 Å². The van der Waals surface area contributed by atoms with Crippen LogP contribution in [0.5, 0.6) is 0 Å². The van der Waals surface area contributed by atoms with Crippen LogP contribution in [0.3, 0.4) is 0 Å². The molecule has 0 saturated heterocycles. The van der Waals surface area contributed by atoms with E-state index < -0.39 is 0 Å². The van der Waals surface area contributed by atoms with E-state index >= 15 is 0 Å². The molecule has 1 aliphatic carbocycles. The largest absolute Gasteiger partial charge is 0.333 e. The van der Waals surface area contributed by atoms with Gasteiger partial charge in [0, 0.05) is 42.4 Å². The molecule has 7 heteroatoms. The molecule has 0 atom stereocenters. The Morgan fingerprint density at radius 1 is 1.22 bits per heavy atom. The Morgan fingerprint density at radius 3 is 2.78 bits per heavy atom. The predicted octanol–water partition coefficient (Wildman–Crippen LogP) is 2.59. The molecule has 0 radical (unpaired) electrons. The molecule has 1 aliphatic heterocycles. The van der Waals surface area contributed by atoms with Crippen molar-refractivity contribution in [1.82, 2.24) is 20.3 Å². The van der Waals surface area contributed by atoms with Gasteiger partial charge < -0.3 is 10.6 Å². The molecule has 7 nitrogen and oxygen atoms in total. The van der Waals surface area contributed by atoms with Crippen molar-refractivity contribution in [3.05, 3.63) is 36.3 Å². The van der Waals surface area contributed by atoms with Gasteiger partial charge in [-0.2, -0.15) is 4.98 Å². The number of carbonyl (C=O) groups is 1. The van der Waals surface area contributed by atoms with Crippen LogP contribution >= 0.6 is 0 Å². The van der Waals surface area contributed by atoms with Gasteiger partial charge in [0.15, 0.2) is 0 Å². The number of pyridine rings is 1. The van der Waals surface area contributed by atoms with Crippen LogP contribution in [0.1, 0.15) is 31.2 Å². The van der Waals surface area contributed by atoms with E-state index in [1.54, 1.807) is 18.6 Å². The van der Waals surface area contributed by atoms with E-state index in [4.69, 9.17) is 0 Å². The zero-order valence-electron chi connectivity index (χ0n) is 12.7. The number of nitrogens with one attached hydrogen (secondary N) is 2. The molecule has 118 valence electrons. The third-order valence-corrected chi connectivity index (χ3v) is 4.35. The summed E-state index contributed by atoms with van der Waals surface area (Å²) in [6.07, 6.45) is 9.59. The van der Waals surface area contributed by atoms with E-state index in [1.165, 1.54) is 0 Å². The number of urea groups is 1. The lowest BCUT2D eigenvalue weighted by Gasteiger charge is -2.33. The minimum atomic E-state index is -0.0574. The van der Waals surface area contributed by atoms with Crippen LogP contribution < -0.4 is 15.5 Å². The molecule has 1 saturated carbocycles. The zero-order valence-corrected chi connectivity index (χ0v) is 12.7. The van der Waals surface area contributed by atoms with Gasteiger partial charge in [0.05, 0.1) is 0 Å². The van der Waals surface area contributed by atoms with Gasteiger partial charge in [0.1, 0.15) is 5.82 Å². The highest BCUT2D eigenvalue weighted by Gasteiger charge is 2.33. The number of amides is 2. The van der Waals surface area contributed by atoms with Crippen molar-refractivity contribution in [3.8, 4) is 0 Å². The lowest BCUT2D eigenvalue weighted by atomic mass is 10.1. The quantitative estimate of drug-likeness (QED) is 0.910. The number of anilines is 3.